The van der Waals surface area contributed by atoms with E-state index in [-0.39, 0.29) is 5.91 Å². The minimum Gasteiger partial charge on any atom is -0.393 e. The fraction of sp³-hybridized carbons (Fsp3) is 0.375. The fourth-order valence-corrected chi connectivity index (χ4v) is 2.34. The zero-order valence-corrected chi connectivity index (χ0v) is 13.7. The summed E-state index contributed by atoms with van der Waals surface area (Å²) in [6.07, 6.45) is 0.101. The topological polar surface area (TPSA) is 58.4 Å². The molecule has 1 atom stereocenters. The highest BCUT2D eigenvalue weighted by molar-refractivity contribution is 6.32. The Morgan fingerprint density at radius 2 is 2.14 bits per heavy atom. The van der Waals surface area contributed by atoms with Gasteiger partial charge < -0.3 is 10.0 Å². The minimum absolute atomic E-state index is 0.172. The molecule has 5 nitrogen and oxygen atoms in total. The van der Waals surface area contributed by atoms with E-state index in [2.05, 4.69) is 5.10 Å². The van der Waals surface area contributed by atoms with E-state index in [1.54, 1.807) is 35.7 Å². The molecular formula is C16H20ClN3O2. The van der Waals surface area contributed by atoms with Crippen LogP contribution in [0.2, 0.25) is 5.02 Å². The van der Waals surface area contributed by atoms with Gasteiger partial charge in [0.1, 0.15) is 0 Å². The summed E-state index contributed by atoms with van der Waals surface area (Å²) in [4.78, 5) is 13.9. The lowest BCUT2D eigenvalue weighted by molar-refractivity contribution is 0.0763. The van der Waals surface area contributed by atoms with Gasteiger partial charge >= 0.3 is 0 Å². The Labute approximate surface area is 135 Å². The van der Waals surface area contributed by atoms with Crippen molar-refractivity contribution < 1.29 is 9.90 Å². The molecule has 0 spiro atoms. The molecule has 0 saturated heterocycles. The number of para-hydroxylation sites is 1. The van der Waals surface area contributed by atoms with Crippen molar-refractivity contribution in [2.45, 2.75) is 26.4 Å². The first-order valence-corrected chi connectivity index (χ1v) is 7.53. The Morgan fingerprint density at radius 3 is 2.77 bits per heavy atom. The van der Waals surface area contributed by atoms with Gasteiger partial charge in [-0.25, -0.2) is 4.68 Å². The number of carbonyl (C=O) groups is 1. The molecule has 0 aliphatic rings. The number of aliphatic hydroxyl groups is 1. The van der Waals surface area contributed by atoms with Crippen LogP contribution in [0.5, 0.6) is 0 Å². The van der Waals surface area contributed by atoms with Gasteiger partial charge in [-0.3, -0.25) is 4.79 Å². The monoisotopic (exact) mass is 321 g/mol. The predicted octanol–water partition coefficient (Wildman–Crippen LogP) is 2.68. The molecule has 0 aliphatic heterocycles. The summed E-state index contributed by atoms with van der Waals surface area (Å²) in [5.74, 6) is -0.172. The van der Waals surface area contributed by atoms with Crippen molar-refractivity contribution >= 4 is 17.5 Å². The second-order valence-corrected chi connectivity index (χ2v) is 5.81. The molecule has 2 rings (SSSR count). The highest BCUT2D eigenvalue weighted by atomic mass is 35.5. The van der Waals surface area contributed by atoms with Crippen LogP contribution in [-0.4, -0.2) is 45.4 Å². The molecule has 118 valence electrons. The molecule has 6 heteroatoms. The van der Waals surface area contributed by atoms with Crippen LogP contribution >= 0.6 is 11.6 Å². The Hall–Kier alpha value is -1.85. The molecule has 22 heavy (non-hydrogen) atoms. The maximum absolute atomic E-state index is 12.4. The zero-order chi connectivity index (χ0) is 16.3. The number of hydrogen-bond acceptors (Lipinski definition) is 3. The first kappa shape index (κ1) is 16.5. The molecule has 0 aliphatic carbocycles. The van der Waals surface area contributed by atoms with E-state index in [0.29, 0.717) is 23.7 Å². The van der Waals surface area contributed by atoms with E-state index in [1.807, 2.05) is 25.1 Å². The van der Waals surface area contributed by atoms with Gasteiger partial charge in [0, 0.05) is 19.3 Å². The van der Waals surface area contributed by atoms with Crippen LogP contribution in [0.3, 0.4) is 0 Å². The minimum atomic E-state index is -0.433. The number of carbonyl (C=O) groups excluding carboxylic acids is 1. The number of amides is 1. The Morgan fingerprint density at radius 1 is 1.45 bits per heavy atom. The van der Waals surface area contributed by atoms with Crippen LogP contribution in [0.4, 0.5) is 0 Å². The predicted molar refractivity (Wildman–Crippen MR) is 86.6 cm³/mol. The van der Waals surface area contributed by atoms with Gasteiger partial charge in [0.25, 0.3) is 5.91 Å². The molecule has 0 bridgehead atoms. The summed E-state index contributed by atoms with van der Waals surface area (Å²) in [5.41, 5.74) is 1.94. The molecule has 0 saturated carbocycles. The van der Waals surface area contributed by atoms with Gasteiger partial charge in [-0.15, -0.1) is 0 Å². The maximum Gasteiger partial charge on any atom is 0.274 e. The maximum atomic E-state index is 12.4. The molecular weight excluding hydrogens is 302 g/mol. The van der Waals surface area contributed by atoms with Gasteiger partial charge in [0.05, 0.1) is 16.8 Å². The summed E-state index contributed by atoms with van der Waals surface area (Å²) in [6.45, 7) is 4.06. The number of aliphatic hydroxyl groups excluding tert-OH is 1. The zero-order valence-electron chi connectivity index (χ0n) is 13.0. The third kappa shape index (κ3) is 3.67. The van der Waals surface area contributed by atoms with Crippen molar-refractivity contribution in [3.8, 4) is 5.69 Å². The van der Waals surface area contributed by atoms with Crippen molar-refractivity contribution in [3.63, 3.8) is 0 Å². The number of rotatable bonds is 5. The number of hydrogen-bond donors (Lipinski definition) is 1. The smallest absolute Gasteiger partial charge is 0.274 e. The Kier molecular flexibility index (Phi) is 5.21. The first-order chi connectivity index (χ1) is 10.4. The van der Waals surface area contributed by atoms with E-state index >= 15 is 0 Å². The first-order valence-electron chi connectivity index (χ1n) is 7.15. The van der Waals surface area contributed by atoms with E-state index in [0.717, 1.165) is 11.4 Å². The van der Waals surface area contributed by atoms with Crippen LogP contribution in [0.25, 0.3) is 5.69 Å². The number of nitrogens with zero attached hydrogens (tertiary/aromatic N) is 3. The molecule has 1 amide bonds. The molecule has 0 radical (unpaired) electrons. The van der Waals surface area contributed by atoms with Crippen molar-refractivity contribution in [2.75, 3.05) is 13.6 Å². The summed E-state index contributed by atoms with van der Waals surface area (Å²) >= 11 is 6.18. The third-order valence-electron chi connectivity index (χ3n) is 3.42. The van der Waals surface area contributed by atoms with E-state index in [1.165, 1.54) is 0 Å². The Bertz CT molecular complexity index is 667. The van der Waals surface area contributed by atoms with Gasteiger partial charge in [-0.1, -0.05) is 23.7 Å². The molecule has 0 fully saturated rings. The molecule has 1 aromatic heterocycles. The average Bonchev–Trinajstić information content (AvgIpc) is 2.86. The lowest BCUT2D eigenvalue weighted by Gasteiger charge is -2.16. The summed E-state index contributed by atoms with van der Waals surface area (Å²) in [7, 11) is 1.70. The van der Waals surface area contributed by atoms with E-state index in [9.17, 15) is 9.90 Å². The van der Waals surface area contributed by atoms with E-state index < -0.39 is 6.10 Å². The summed E-state index contributed by atoms with van der Waals surface area (Å²) in [5, 5.41) is 14.3. The highest BCUT2D eigenvalue weighted by Gasteiger charge is 2.18. The lowest BCUT2D eigenvalue weighted by Crippen LogP contribution is -2.29. The van der Waals surface area contributed by atoms with Crippen LogP contribution in [0.1, 0.15) is 29.5 Å². The van der Waals surface area contributed by atoms with Crippen molar-refractivity contribution in [3.05, 3.63) is 46.7 Å². The summed E-state index contributed by atoms with van der Waals surface area (Å²) < 4.78 is 1.66. The van der Waals surface area contributed by atoms with Crippen molar-refractivity contribution in [1.82, 2.24) is 14.7 Å². The standard InChI is InChI=1S/C16H20ClN3O2/c1-11-10-14(16(22)19(3)9-8-12(2)21)18-20(11)15-7-5-4-6-13(15)17/h4-7,10,12,21H,8-9H2,1-3H3. The largest absolute Gasteiger partial charge is 0.393 e. The highest BCUT2D eigenvalue weighted by Crippen LogP contribution is 2.21. The number of benzene rings is 1. The van der Waals surface area contributed by atoms with Gasteiger partial charge in [-0.2, -0.15) is 5.10 Å². The van der Waals surface area contributed by atoms with Crippen molar-refractivity contribution in [1.29, 1.82) is 0 Å². The summed E-state index contributed by atoms with van der Waals surface area (Å²) in [6, 6.07) is 9.10. The molecule has 2 aromatic rings. The van der Waals surface area contributed by atoms with Crippen LogP contribution in [0.15, 0.2) is 30.3 Å². The second-order valence-electron chi connectivity index (χ2n) is 5.40. The SMILES string of the molecule is Cc1cc(C(=O)N(C)CCC(C)O)nn1-c1ccccc1Cl. The molecule has 1 heterocycles. The number of aromatic nitrogens is 2. The fourth-order valence-electron chi connectivity index (χ4n) is 2.12. The molecule has 1 aromatic carbocycles. The van der Waals surface area contributed by atoms with E-state index in [4.69, 9.17) is 11.6 Å². The number of aryl methyl sites for hydroxylation is 1. The second kappa shape index (κ2) is 6.94. The van der Waals surface area contributed by atoms with Crippen LogP contribution in [0, 0.1) is 6.92 Å². The van der Waals surface area contributed by atoms with Gasteiger partial charge in [0.2, 0.25) is 0 Å². The lowest BCUT2D eigenvalue weighted by atomic mass is 10.2. The van der Waals surface area contributed by atoms with Crippen LogP contribution < -0.4 is 0 Å². The average molecular weight is 322 g/mol. The molecule has 1 unspecified atom stereocenters. The molecule has 1 N–H and O–H groups in total. The van der Waals surface area contributed by atoms with Gasteiger partial charge in [-0.05, 0) is 38.5 Å². The normalized spacial score (nSPS) is 12.2. The van der Waals surface area contributed by atoms with Crippen LogP contribution in [-0.2, 0) is 0 Å². The van der Waals surface area contributed by atoms with Crippen molar-refractivity contribution in [2.24, 2.45) is 0 Å². The van der Waals surface area contributed by atoms with Gasteiger partial charge in [0.15, 0.2) is 5.69 Å². The third-order valence-corrected chi connectivity index (χ3v) is 3.74. The quantitative estimate of drug-likeness (QED) is 0.921. The number of halogens is 1. The Balaban J connectivity index is 2.23.